The van der Waals surface area contributed by atoms with Gasteiger partial charge in [-0.15, -0.1) is 11.3 Å². The molecule has 0 aliphatic carbocycles. The highest BCUT2D eigenvalue weighted by atomic mass is 32.1. The second-order valence-electron chi connectivity index (χ2n) is 5.15. The van der Waals surface area contributed by atoms with E-state index in [4.69, 9.17) is 4.74 Å². The van der Waals surface area contributed by atoms with Crippen LogP contribution in [0.15, 0.2) is 41.9 Å². The zero-order chi connectivity index (χ0) is 14.8. The molecule has 1 aromatic heterocycles. The number of rotatable bonds is 4. The van der Waals surface area contributed by atoms with E-state index in [0.717, 1.165) is 22.5 Å². The largest absolute Gasteiger partial charge is 0.496 e. The summed E-state index contributed by atoms with van der Waals surface area (Å²) in [6, 6.07) is 12.7. The van der Waals surface area contributed by atoms with Crippen LogP contribution < -0.4 is 10.1 Å². The third kappa shape index (κ3) is 2.85. The molecule has 3 nitrogen and oxygen atoms in total. The molecule has 1 N–H and O–H groups in total. The molecular weight excluding hydrogens is 280 g/mol. The molecule has 0 aliphatic rings. The Morgan fingerprint density at radius 2 is 2.05 bits per heavy atom. The van der Waals surface area contributed by atoms with Crippen molar-refractivity contribution >= 4 is 27.2 Å². The third-order valence-corrected chi connectivity index (χ3v) is 4.36. The van der Waals surface area contributed by atoms with Gasteiger partial charge in [-0.2, -0.15) is 0 Å². The number of hydrogen-bond acceptors (Lipinski definition) is 4. The Morgan fingerprint density at radius 3 is 2.86 bits per heavy atom. The van der Waals surface area contributed by atoms with Crippen LogP contribution in [0.1, 0.15) is 24.1 Å². The molecule has 0 bridgehead atoms. The average Bonchev–Trinajstić information content (AvgIpc) is 2.94. The van der Waals surface area contributed by atoms with Gasteiger partial charge in [-0.05, 0) is 43.7 Å². The summed E-state index contributed by atoms with van der Waals surface area (Å²) in [5.41, 5.74) is 6.38. The van der Waals surface area contributed by atoms with E-state index in [1.54, 1.807) is 18.4 Å². The molecule has 3 aromatic rings. The summed E-state index contributed by atoms with van der Waals surface area (Å²) in [5, 5.41) is 3.53. The first kappa shape index (κ1) is 13.9. The predicted octanol–water partition coefficient (Wildman–Crippen LogP) is 4.79. The quantitative estimate of drug-likeness (QED) is 0.752. The lowest BCUT2D eigenvalue weighted by Gasteiger charge is -2.19. The molecule has 4 heteroatoms. The number of aryl methyl sites for hydroxylation is 1. The number of nitrogens with zero attached hydrogens (tertiary/aromatic N) is 1. The SMILES string of the molecule is COc1cc(C)ccc1C(C)Nc1ccc2ncsc2c1. The molecule has 1 heterocycles. The van der Waals surface area contributed by atoms with Gasteiger partial charge < -0.3 is 10.1 Å². The van der Waals surface area contributed by atoms with Crippen molar-refractivity contribution < 1.29 is 4.74 Å². The Balaban J connectivity index is 1.86. The molecule has 0 aliphatic heterocycles. The second-order valence-corrected chi connectivity index (χ2v) is 6.03. The monoisotopic (exact) mass is 298 g/mol. The smallest absolute Gasteiger partial charge is 0.124 e. The number of nitrogens with one attached hydrogen (secondary N) is 1. The first-order valence-corrected chi connectivity index (χ1v) is 7.79. The predicted molar refractivity (Wildman–Crippen MR) is 89.4 cm³/mol. The van der Waals surface area contributed by atoms with Crippen LogP contribution in [-0.2, 0) is 0 Å². The van der Waals surface area contributed by atoms with Crippen molar-refractivity contribution in [3.8, 4) is 5.75 Å². The zero-order valence-electron chi connectivity index (χ0n) is 12.4. The summed E-state index contributed by atoms with van der Waals surface area (Å²) >= 11 is 1.66. The van der Waals surface area contributed by atoms with Crippen molar-refractivity contribution in [3.63, 3.8) is 0 Å². The highest BCUT2D eigenvalue weighted by Crippen LogP contribution is 2.30. The number of thiazole rings is 1. The van der Waals surface area contributed by atoms with Gasteiger partial charge in [0, 0.05) is 11.3 Å². The van der Waals surface area contributed by atoms with Crippen molar-refractivity contribution in [1.82, 2.24) is 4.98 Å². The van der Waals surface area contributed by atoms with Crippen LogP contribution in [0.3, 0.4) is 0 Å². The lowest BCUT2D eigenvalue weighted by Crippen LogP contribution is -2.08. The molecule has 21 heavy (non-hydrogen) atoms. The number of benzene rings is 2. The number of methoxy groups -OCH3 is 1. The van der Waals surface area contributed by atoms with E-state index < -0.39 is 0 Å². The Kier molecular flexibility index (Phi) is 3.80. The van der Waals surface area contributed by atoms with Gasteiger partial charge in [-0.3, -0.25) is 0 Å². The summed E-state index contributed by atoms with van der Waals surface area (Å²) in [6.45, 7) is 4.21. The van der Waals surface area contributed by atoms with Crippen LogP contribution in [0.25, 0.3) is 10.2 Å². The lowest BCUT2D eigenvalue weighted by molar-refractivity contribution is 0.407. The van der Waals surface area contributed by atoms with Crippen LogP contribution >= 0.6 is 11.3 Å². The van der Waals surface area contributed by atoms with Crippen molar-refractivity contribution in [2.24, 2.45) is 0 Å². The minimum atomic E-state index is 0.172. The van der Waals surface area contributed by atoms with Gasteiger partial charge in [0.15, 0.2) is 0 Å². The molecule has 0 saturated carbocycles. The lowest BCUT2D eigenvalue weighted by atomic mass is 10.0. The van der Waals surface area contributed by atoms with Crippen molar-refractivity contribution in [3.05, 3.63) is 53.0 Å². The minimum absolute atomic E-state index is 0.172. The molecule has 1 atom stereocenters. The molecule has 0 spiro atoms. The molecule has 1 unspecified atom stereocenters. The second kappa shape index (κ2) is 5.74. The van der Waals surface area contributed by atoms with Gasteiger partial charge >= 0.3 is 0 Å². The first-order chi connectivity index (χ1) is 10.2. The highest BCUT2D eigenvalue weighted by molar-refractivity contribution is 7.16. The molecule has 0 fully saturated rings. The van der Waals surface area contributed by atoms with Gasteiger partial charge in [0.05, 0.1) is 28.9 Å². The zero-order valence-corrected chi connectivity index (χ0v) is 13.2. The Bertz CT molecular complexity index is 766. The number of hydrogen-bond donors (Lipinski definition) is 1. The molecular formula is C17H18N2OS. The average molecular weight is 298 g/mol. The van der Waals surface area contributed by atoms with Crippen LogP contribution in [0.4, 0.5) is 5.69 Å². The molecule has 2 aromatic carbocycles. The fraction of sp³-hybridized carbons (Fsp3) is 0.235. The fourth-order valence-electron chi connectivity index (χ4n) is 2.45. The maximum absolute atomic E-state index is 5.49. The molecule has 0 radical (unpaired) electrons. The maximum Gasteiger partial charge on any atom is 0.124 e. The summed E-state index contributed by atoms with van der Waals surface area (Å²) in [5.74, 6) is 0.925. The third-order valence-electron chi connectivity index (χ3n) is 3.57. The molecule has 0 saturated heterocycles. The van der Waals surface area contributed by atoms with E-state index in [1.165, 1.54) is 10.3 Å². The van der Waals surface area contributed by atoms with Crippen LogP contribution in [0.5, 0.6) is 5.75 Å². The van der Waals surface area contributed by atoms with Crippen molar-refractivity contribution in [2.75, 3.05) is 12.4 Å². The van der Waals surface area contributed by atoms with E-state index in [0.29, 0.717) is 0 Å². The van der Waals surface area contributed by atoms with Gasteiger partial charge in [-0.1, -0.05) is 12.1 Å². The van der Waals surface area contributed by atoms with E-state index in [2.05, 4.69) is 54.5 Å². The standard InChI is InChI=1S/C17H18N2OS/c1-11-4-6-14(16(8-11)20-3)12(2)19-13-5-7-15-17(9-13)21-10-18-15/h4-10,12,19H,1-3H3. The molecule has 3 rings (SSSR count). The molecule has 0 amide bonds. The summed E-state index contributed by atoms with van der Waals surface area (Å²) in [7, 11) is 1.72. The van der Waals surface area contributed by atoms with Gasteiger partial charge in [0.1, 0.15) is 5.75 Å². The number of ether oxygens (including phenoxy) is 1. The van der Waals surface area contributed by atoms with Gasteiger partial charge in [-0.25, -0.2) is 4.98 Å². The highest BCUT2D eigenvalue weighted by Gasteiger charge is 2.12. The number of fused-ring (bicyclic) bond motifs is 1. The first-order valence-electron chi connectivity index (χ1n) is 6.91. The van der Waals surface area contributed by atoms with Crippen LogP contribution in [-0.4, -0.2) is 12.1 Å². The van der Waals surface area contributed by atoms with Crippen molar-refractivity contribution in [1.29, 1.82) is 0 Å². The minimum Gasteiger partial charge on any atom is -0.496 e. The fourth-order valence-corrected chi connectivity index (χ4v) is 3.17. The van der Waals surface area contributed by atoms with Gasteiger partial charge in [0.25, 0.3) is 0 Å². The van der Waals surface area contributed by atoms with Crippen molar-refractivity contribution in [2.45, 2.75) is 19.9 Å². The Hall–Kier alpha value is -2.07. The summed E-state index contributed by atoms with van der Waals surface area (Å²) in [4.78, 5) is 4.30. The molecule has 108 valence electrons. The number of anilines is 1. The maximum atomic E-state index is 5.49. The van der Waals surface area contributed by atoms with Crippen LogP contribution in [0, 0.1) is 6.92 Å². The summed E-state index contributed by atoms with van der Waals surface area (Å²) in [6.07, 6.45) is 0. The van der Waals surface area contributed by atoms with E-state index in [1.807, 2.05) is 11.6 Å². The summed E-state index contributed by atoms with van der Waals surface area (Å²) < 4.78 is 6.69. The van der Waals surface area contributed by atoms with E-state index in [9.17, 15) is 0 Å². The number of aromatic nitrogens is 1. The van der Waals surface area contributed by atoms with Gasteiger partial charge in [0.2, 0.25) is 0 Å². The Morgan fingerprint density at radius 1 is 1.19 bits per heavy atom. The van der Waals surface area contributed by atoms with E-state index >= 15 is 0 Å². The normalized spacial score (nSPS) is 12.3. The topological polar surface area (TPSA) is 34.1 Å². The van der Waals surface area contributed by atoms with Crippen LogP contribution in [0.2, 0.25) is 0 Å². The van der Waals surface area contributed by atoms with E-state index in [-0.39, 0.29) is 6.04 Å². The Labute approximate surface area is 128 Å².